The van der Waals surface area contributed by atoms with Crippen molar-refractivity contribution >= 4 is 11.8 Å². The molecule has 3 rings (SSSR count). The van der Waals surface area contributed by atoms with Gasteiger partial charge in [0.15, 0.2) is 11.5 Å². The van der Waals surface area contributed by atoms with Gasteiger partial charge in [0.05, 0.1) is 0 Å². The fourth-order valence-corrected chi connectivity index (χ4v) is 3.47. The predicted molar refractivity (Wildman–Crippen MR) is 74.6 cm³/mol. The predicted octanol–water partition coefficient (Wildman–Crippen LogP) is 2.44. The highest BCUT2D eigenvalue weighted by Gasteiger charge is 2.14. The number of ether oxygens (including phenoxy) is 2. The van der Waals surface area contributed by atoms with E-state index in [1.54, 1.807) is 0 Å². The Kier molecular flexibility index (Phi) is 3.96. The third-order valence-electron chi connectivity index (χ3n) is 3.42. The molecule has 0 unspecified atom stereocenters. The normalized spacial score (nSPS) is 19.8. The number of hydrogen-bond donors (Lipinski definition) is 1. The van der Waals surface area contributed by atoms with Crippen LogP contribution >= 0.6 is 11.8 Å². The van der Waals surface area contributed by atoms with Crippen LogP contribution in [0, 0.1) is 0 Å². The van der Waals surface area contributed by atoms with Gasteiger partial charge in [0.1, 0.15) is 13.2 Å². The minimum atomic E-state index is 0.656. The monoisotopic (exact) mass is 265 g/mol. The molecule has 0 saturated carbocycles. The van der Waals surface area contributed by atoms with Crippen LogP contribution < -0.4 is 14.8 Å². The second-order valence-electron chi connectivity index (χ2n) is 4.75. The van der Waals surface area contributed by atoms with Gasteiger partial charge in [0, 0.05) is 12.6 Å². The van der Waals surface area contributed by atoms with Crippen molar-refractivity contribution in [3.05, 3.63) is 23.8 Å². The first-order valence-corrected chi connectivity index (χ1v) is 7.77. The zero-order valence-electron chi connectivity index (χ0n) is 10.5. The molecule has 0 aliphatic carbocycles. The molecule has 1 saturated heterocycles. The molecular weight excluding hydrogens is 246 g/mol. The molecule has 0 radical (unpaired) electrons. The lowest BCUT2D eigenvalue weighted by molar-refractivity contribution is 0.171. The molecule has 1 N–H and O–H groups in total. The highest BCUT2D eigenvalue weighted by molar-refractivity contribution is 7.99. The summed E-state index contributed by atoms with van der Waals surface area (Å²) in [7, 11) is 0. The standard InChI is InChI=1S/C14H19NO2S/c1-2-13-14(17-6-5-16-13)9-11(1)10-15-12-3-7-18-8-4-12/h1-2,9,12,15H,3-8,10H2. The van der Waals surface area contributed by atoms with Gasteiger partial charge >= 0.3 is 0 Å². The Balaban J connectivity index is 1.58. The first-order valence-electron chi connectivity index (χ1n) is 6.61. The van der Waals surface area contributed by atoms with Crippen LogP contribution in [-0.2, 0) is 6.54 Å². The first-order chi connectivity index (χ1) is 8.92. The fourth-order valence-electron chi connectivity index (χ4n) is 2.36. The Morgan fingerprint density at radius 1 is 1.11 bits per heavy atom. The van der Waals surface area contributed by atoms with Gasteiger partial charge in [-0.2, -0.15) is 11.8 Å². The van der Waals surface area contributed by atoms with Gasteiger partial charge < -0.3 is 14.8 Å². The molecule has 4 heteroatoms. The van der Waals surface area contributed by atoms with Crippen molar-refractivity contribution in [3.8, 4) is 11.5 Å². The molecular formula is C14H19NO2S. The summed E-state index contributed by atoms with van der Waals surface area (Å²) >= 11 is 2.06. The maximum absolute atomic E-state index is 5.60. The van der Waals surface area contributed by atoms with Crippen molar-refractivity contribution in [2.24, 2.45) is 0 Å². The second-order valence-corrected chi connectivity index (χ2v) is 5.97. The van der Waals surface area contributed by atoms with Crippen molar-refractivity contribution in [2.45, 2.75) is 25.4 Å². The van der Waals surface area contributed by atoms with Crippen LogP contribution in [0.2, 0.25) is 0 Å². The largest absolute Gasteiger partial charge is 0.486 e. The van der Waals surface area contributed by atoms with Crippen LogP contribution in [0.15, 0.2) is 18.2 Å². The van der Waals surface area contributed by atoms with Crippen LogP contribution in [0.5, 0.6) is 11.5 Å². The van der Waals surface area contributed by atoms with Crippen LogP contribution in [0.3, 0.4) is 0 Å². The molecule has 2 heterocycles. The third-order valence-corrected chi connectivity index (χ3v) is 4.47. The fraction of sp³-hybridized carbons (Fsp3) is 0.571. The zero-order chi connectivity index (χ0) is 12.2. The average Bonchev–Trinajstić information content (AvgIpc) is 2.46. The van der Waals surface area contributed by atoms with E-state index in [0.717, 1.165) is 18.0 Å². The second kappa shape index (κ2) is 5.85. The lowest BCUT2D eigenvalue weighted by atomic mass is 10.1. The Morgan fingerprint density at radius 3 is 2.72 bits per heavy atom. The molecule has 1 aromatic rings. The maximum atomic E-state index is 5.60. The maximum Gasteiger partial charge on any atom is 0.161 e. The number of benzene rings is 1. The van der Waals surface area contributed by atoms with E-state index in [2.05, 4.69) is 29.2 Å². The van der Waals surface area contributed by atoms with Crippen LogP contribution in [0.1, 0.15) is 18.4 Å². The summed E-state index contributed by atoms with van der Waals surface area (Å²) in [6.45, 7) is 2.24. The summed E-state index contributed by atoms with van der Waals surface area (Å²) in [5.41, 5.74) is 1.28. The number of thioether (sulfide) groups is 1. The molecule has 2 aliphatic heterocycles. The lowest BCUT2D eigenvalue weighted by Gasteiger charge is -2.23. The molecule has 2 aliphatic rings. The van der Waals surface area contributed by atoms with E-state index in [9.17, 15) is 0 Å². The summed E-state index contributed by atoms with van der Waals surface area (Å²) in [4.78, 5) is 0. The van der Waals surface area contributed by atoms with Gasteiger partial charge in [-0.15, -0.1) is 0 Å². The average molecular weight is 265 g/mol. The summed E-state index contributed by atoms with van der Waals surface area (Å²) in [6.07, 6.45) is 2.57. The minimum Gasteiger partial charge on any atom is -0.486 e. The summed E-state index contributed by atoms with van der Waals surface area (Å²) in [5, 5.41) is 3.63. The van der Waals surface area contributed by atoms with Crippen molar-refractivity contribution in [3.63, 3.8) is 0 Å². The van der Waals surface area contributed by atoms with Gasteiger partial charge in [-0.25, -0.2) is 0 Å². The van der Waals surface area contributed by atoms with E-state index in [-0.39, 0.29) is 0 Å². The highest BCUT2D eigenvalue weighted by Crippen LogP contribution is 2.30. The molecule has 0 aromatic heterocycles. The zero-order valence-corrected chi connectivity index (χ0v) is 11.3. The van der Waals surface area contributed by atoms with Crippen LogP contribution in [0.4, 0.5) is 0 Å². The lowest BCUT2D eigenvalue weighted by Crippen LogP contribution is -2.32. The summed E-state index contributed by atoms with van der Waals surface area (Å²) in [6, 6.07) is 6.92. The topological polar surface area (TPSA) is 30.5 Å². The Morgan fingerprint density at radius 2 is 1.89 bits per heavy atom. The minimum absolute atomic E-state index is 0.656. The van der Waals surface area contributed by atoms with Gasteiger partial charge in [-0.05, 0) is 42.0 Å². The molecule has 98 valence electrons. The number of nitrogens with one attached hydrogen (secondary N) is 1. The molecule has 1 aromatic carbocycles. The molecule has 0 atom stereocenters. The van der Waals surface area contributed by atoms with E-state index >= 15 is 0 Å². The van der Waals surface area contributed by atoms with E-state index in [1.165, 1.54) is 29.9 Å². The smallest absolute Gasteiger partial charge is 0.161 e. The first kappa shape index (κ1) is 12.2. The van der Waals surface area contributed by atoms with E-state index in [4.69, 9.17) is 9.47 Å². The van der Waals surface area contributed by atoms with Crippen molar-refractivity contribution < 1.29 is 9.47 Å². The number of hydrogen-bond acceptors (Lipinski definition) is 4. The van der Waals surface area contributed by atoms with E-state index in [1.807, 2.05) is 6.07 Å². The molecule has 0 bridgehead atoms. The highest BCUT2D eigenvalue weighted by atomic mass is 32.2. The Hall–Kier alpha value is -0.870. The van der Waals surface area contributed by atoms with Crippen molar-refractivity contribution in [1.82, 2.24) is 5.32 Å². The quantitative estimate of drug-likeness (QED) is 0.909. The van der Waals surface area contributed by atoms with Crippen LogP contribution in [-0.4, -0.2) is 30.8 Å². The van der Waals surface area contributed by atoms with Crippen molar-refractivity contribution in [2.75, 3.05) is 24.7 Å². The molecule has 0 amide bonds. The summed E-state index contributed by atoms with van der Waals surface area (Å²) in [5.74, 6) is 4.34. The third kappa shape index (κ3) is 2.93. The SMILES string of the molecule is c1cc2c(cc1CNC1CCSCC1)OCCO2. The van der Waals surface area contributed by atoms with Crippen LogP contribution in [0.25, 0.3) is 0 Å². The Bertz CT molecular complexity index is 405. The van der Waals surface area contributed by atoms with Gasteiger partial charge in [0.25, 0.3) is 0 Å². The van der Waals surface area contributed by atoms with Gasteiger partial charge in [0.2, 0.25) is 0 Å². The molecule has 0 spiro atoms. The van der Waals surface area contributed by atoms with E-state index < -0.39 is 0 Å². The molecule has 1 fully saturated rings. The summed E-state index contributed by atoms with van der Waals surface area (Å²) < 4.78 is 11.1. The van der Waals surface area contributed by atoms with Gasteiger partial charge in [-0.3, -0.25) is 0 Å². The van der Waals surface area contributed by atoms with Gasteiger partial charge in [-0.1, -0.05) is 6.07 Å². The molecule has 18 heavy (non-hydrogen) atoms. The Labute approximate surface area is 112 Å². The molecule has 3 nitrogen and oxygen atoms in total. The van der Waals surface area contributed by atoms with E-state index in [0.29, 0.717) is 19.3 Å². The number of fused-ring (bicyclic) bond motifs is 1. The van der Waals surface area contributed by atoms with Crippen molar-refractivity contribution in [1.29, 1.82) is 0 Å². The number of rotatable bonds is 3.